The van der Waals surface area contributed by atoms with Crippen LogP contribution in [0.4, 0.5) is 10.1 Å². The van der Waals surface area contributed by atoms with Crippen molar-refractivity contribution >= 4 is 17.5 Å². The summed E-state index contributed by atoms with van der Waals surface area (Å²) >= 11 is 0. The number of carbonyl (C=O) groups is 2. The van der Waals surface area contributed by atoms with Crippen LogP contribution in [0.15, 0.2) is 78.9 Å². The zero-order valence-corrected chi connectivity index (χ0v) is 13.9. The third kappa shape index (κ3) is 4.33. The number of para-hydroxylation sites is 1. The molecule has 0 atom stereocenters. The van der Waals surface area contributed by atoms with Crippen molar-refractivity contribution in [3.8, 4) is 0 Å². The van der Waals surface area contributed by atoms with Crippen LogP contribution in [0.5, 0.6) is 0 Å². The summed E-state index contributed by atoms with van der Waals surface area (Å²) in [5, 5.41) is 5.33. The maximum Gasteiger partial charge on any atom is 0.255 e. The summed E-state index contributed by atoms with van der Waals surface area (Å²) in [4.78, 5) is 24.4. The molecule has 130 valence electrons. The predicted molar refractivity (Wildman–Crippen MR) is 98.4 cm³/mol. The number of rotatable bonds is 5. The van der Waals surface area contributed by atoms with E-state index in [4.69, 9.17) is 0 Å². The maximum absolute atomic E-state index is 13.6. The fourth-order valence-corrected chi connectivity index (χ4v) is 2.41. The predicted octanol–water partition coefficient (Wildman–Crippen LogP) is 4.01. The van der Waals surface area contributed by atoms with Crippen molar-refractivity contribution in [3.05, 3.63) is 101 Å². The number of benzene rings is 3. The van der Waals surface area contributed by atoms with Crippen LogP contribution in [0.3, 0.4) is 0 Å². The van der Waals surface area contributed by atoms with Crippen molar-refractivity contribution in [1.82, 2.24) is 5.32 Å². The van der Waals surface area contributed by atoms with E-state index in [2.05, 4.69) is 10.6 Å². The number of halogens is 1. The molecule has 3 aromatic carbocycles. The fourth-order valence-electron chi connectivity index (χ4n) is 2.41. The van der Waals surface area contributed by atoms with Gasteiger partial charge in [0.25, 0.3) is 11.8 Å². The molecule has 0 heterocycles. The highest BCUT2D eigenvalue weighted by atomic mass is 19.1. The summed E-state index contributed by atoms with van der Waals surface area (Å²) < 4.78 is 13.6. The lowest BCUT2D eigenvalue weighted by Crippen LogP contribution is -2.23. The zero-order chi connectivity index (χ0) is 18.4. The molecular weight excluding hydrogens is 331 g/mol. The van der Waals surface area contributed by atoms with E-state index in [1.54, 1.807) is 24.3 Å². The Morgan fingerprint density at radius 1 is 0.731 bits per heavy atom. The molecule has 0 saturated heterocycles. The van der Waals surface area contributed by atoms with Crippen molar-refractivity contribution in [2.24, 2.45) is 0 Å². The highest BCUT2D eigenvalue weighted by molar-refractivity contribution is 6.05. The molecule has 0 aromatic heterocycles. The molecule has 0 saturated carbocycles. The van der Waals surface area contributed by atoms with Gasteiger partial charge in [-0.05, 0) is 42.0 Å². The summed E-state index contributed by atoms with van der Waals surface area (Å²) in [5.41, 5.74) is 1.90. The summed E-state index contributed by atoms with van der Waals surface area (Å²) in [6.45, 7) is 0.426. The largest absolute Gasteiger partial charge is 0.348 e. The van der Waals surface area contributed by atoms with E-state index in [0.717, 1.165) is 5.56 Å². The zero-order valence-electron chi connectivity index (χ0n) is 13.9. The molecule has 3 rings (SSSR count). The molecule has 0 unspecified atom stereocenters. The Morgan fingerprint density at radius 2 is 1.31 bits per heavy atom. The molecule has 0 aliphatic carbocycles. The van der Waals surface area contributed by atoms with E-state index >= 15 is 0 Å². The van der Waals surface area contributed by atoms with Crippen molar-refractivity contribution in [3.63, 3.8) is 0 Å². The maximum atomic E-state index is 13.6. The summed E-state index contributed by atoms with van der Waals surface area (Å²) in [6.07, 6.45) is 0. The molecular formula is C21H17FN2O2. The van der Waals surface area contributed by atoms with Crippen LogP contribution in [0, 0.1) is 5.82 Å². The fraction of sp³-hybridized carbons (Fsp3) is 0.0476. The van der Waals surface area contributed by atoms with E-state index < -0.39 is 11.7 Å². The minimum Gasteiger partial charge on any atom is -0.348 e. The molecule has 2 amide bonds. The standard InChI is InChI=1S/C21H17FN2O2/c22-18-8-4-5-9-19(18)24-21(26)17-12-10-16(11-13-17)20(25)23-14-15-6-2-1-3-7-15/h1-13H,14H2,(H,23,25)(H,24,26). The lowest BCUT2D eigenvalue weighted by Gasteiger charge is -2.08. The first-order valence-corrected chi connectivity index (χ1v) is 8.11. The van der Waals surface area contributed by atoms with Gasteiger partial charge in [0.05, 0.1) is 5.69 Å². The number of amides is 2. The van der Waals surface area contributed by atoms with Gasteiger partial charge in [0.15, 0.2) is 0 Å². The topological polar surface area (TPSA) is 58.2 Å². The van der Waals surface area contributed by atoms with Gasteiger partial charge in [-0.1, -0.05) is 42.5 Å². The summed E-state index contributed by atoms with van der Waals surface area (Å²) in [7, 11) is 0. The Kier molecular flexibility index (Phi) is 5.39. The average molecular weight is 348 g/mol. The molecule has 0 radical (unpaired) electrons. The van der Waals surface area contributed by atoms with Crippen LogP contribution >= 0.6 is 0 Å². The highest BCUT2D eigenvalue weighted by Gasteiger charge is 2.11. The lowest BCUT2D eigenvalue weighted by atomic mass is 10.1. The van der Waals surface area contributed by atoms with Gasteiger partial charge in [-0.15, -0.1) is 0 Å². The molecule has 0 fully saturated rings. The van der Waals surface area contributed by atoms with Gasteiger partial charge in [-0.25, -0.2) is 4.39 Å². The first-order chi connectivity index (χ1) is 12.6. The van der Waals surface area contributed by atoms with Crippen LogP contribution in [-0.4, -0.2) is 11.8 Å². The first-order valence-electron chi connectivity index (χ1n) is 8.11. The third-order valence-electron chi connectivity index (χ3n) is 3.83. The van der Waals surface area contributed by atoms with Gasteiger partial charge >= 0.3 is 0 Å². The number of anilines is 1. The van der Waals surface area contributed by atoms with Crippen LogP contribution < -0.4 is 10.6 Å². The molecule has 5 heteroatoms. The van der Waals surface area contributed by atoms with Crippen molar-refractivity contribution in [2.75, 3.05) is 5.32 Å². The van der Waals surface area contributed by atoms with E-state index in [1.165, 1.54) is 24.3 Å². The van der Waals surface area contributed by atoms with E-state index in [-0.39, 0.29) is 11.6 Å². The second-order valence-corrected chi connectivity index (χ2v) is 5.68. The van der Waals surface area contributed by atoms with Crippen LogP contribution in [0.25, 0.3) is 0 Å². The second-order valence-electron chi connectivity index (χ2n) is 5.68. The number of hydrogen-bond acceptors (Lipinski definition) is 2. The Hall–Kier alpha value is -3.47. The normalized spacial score (nSPS) is 10.2. The molecule has 4 nitrogen and oxygen atoms in total. The molecule has 3 aromatic rings. The average Bonchev–Trinajstić information content (AvgIpc) is 2.69. The third-order valence-corrected chi connectivity index (χ3v) is 3.83. The van der Waals surface area contributed by atoms with E-state index in [9.17, 15) is 14.0 Å². The van der Waals surface area contributed by atoms with Crippen LogP contribution in [-0.2, 0) is 6.54 Å². The molecule has 0 aliphatic heterocycles. The summed E-state index contributed by atoms with van der Waals surface area (Å²) in [6, 6.07) is 21.7. The Labute approximate surface area is 150 Å². The van der Waals surface area contributed by atoms with Crippen molar-refractivity contribution in [1.29, 1.82) is 0 Å². The van der Waals surface area contributed by atoms with E-state index in [1.807, 2.05) is 30.3 Å². The number of nitrogens with one attached hydrogen (secondary N) is 2. The molecule has 2 N–H and O–H groups in total. The monoisotopic (exact) mass is 348 g/mol. The highest BCUT2D eigenvalue weighted by Crippen LogP contribution is 2.14. The van der Waals surface area contributed by atoms with Gasteiger partial charge in [0, 0.05) is 17.7 Å². The molecule has 0 bridgehead atoms. The van der Waals surface area contributed by atoms with Gasteiger partial charge in [-0.2, -0.15) is 0 Å². The minimum atomic E-state index is -0.502. The quantitative estimate of drug-likeness (QED) is 0.732. The smallest absolute Gasteiger partial charge is 0.255 e. The second kappa shape index (κ2) is 8.07. The molecule has 0 aliphatic rings. The summed E-state index contributed by atoms with van der Waals surface area (Å²) in [5.74, 6) is -1.17. The Bertz CT molecular complexity index is 909. The van der Waals surface area contributed by atoms with E-state index in [0.29, 0.717) is 17.7 Å². The van der Waals surface area contributed by atoms with Crippen LogP contribution in [0.2, 0.25) is 0 Å². The van der Waals surface area contributed by atoms with Gasteiger partial charge in [0.2, 0.25) is 0 Å². The van der Waals surface area contributed by atoms with Crippen LogP contribution in [0.1, 0.15) is 26.3 Å². The first kappa shape index (κ1) is 17.4. The van der Waals surface area contributed by atoms with Gasteiger partial charge < -0.3 is 10.6 Å². The lowest BCUT2D eigenvalue weighted by molar-refractivity contribution is 0.0949. The van der Waals surface area contributed by atoms with Crippen molar-refractivity contribution < 1.29 is 14.0 Å². The Balaban J connectivity index is 1.61. The van der Waals surface area contributed by atoms with Gasteiger partial charge in [-0.3, -0.25) is 9.59 Å². The molecule has 0 spiro atoms. The Morgan fingerprint density at radius 3 is 1.96 bits per heavy atom. The minimum absolute atomic E-state index is 0.113. The SMILES string of the molecule is O=C(NCc1ccccc1)c1ccc(C(=O)Nc2ccccc2F)cc1. The van der Waals surface area contributed by atoms with Gasteiger partial charge in [0.1, 0.15) is 5.82 Å². The molecule has 26 heavy (non-hydrogen) atoms. The number of hydrogen-bond donors (Lipinski definition) is 2. The number of carbonyl (C=O) groups excluding carboxylic acids is 2. The van der Waals surface area contributed by atoms with Crippen molar-refractivity contribution in [2.45, 2.75) is 6.54 Å².